The molecule has 3 heterocycles. The molecule has 1 amide bonds. The topological polar surface area (TPSA) is 72.4 Å². The lowest BCUT2D eigenvalue weighted by molar-refractivity contribution is 0.0720. The first kappa shape index (κ1) is 15.9. The van der Waals surface area contributed by atoms with Crippen LogP contribution in [-0.2, 0) is 0 Å². The second-order valence-corrected chi connectivity index (χ2v) is 6.48. The molecule has 2 aromatic heterocycles. The summed E-state index contributed by atoms with van der Waals surface area (Å²) in [6, 6.07) is 10.7. The summed E-state index contributed by atoms with van der Waals surface area (Å²) in [6.07, 6.45) is 1.77. The Morgan fingerprint density at radius 1 is 1.24 bits per heavy atom. The molecule has 1 unspecified atom stereocenters. The number of amides is 1. The van der Waals surface area contributed by atoms with Gasteiger partial charge in [-0.25, -0.2) is 0 Å². The summed E-state index contributed by atoms with van der Waals surface area (Å²) < 4.78 is 10.5. The van der Waals surface area contributed by atoms with Gasteiger partial charge >= 0.3 is 0 Å². The van der Waals surface area contributed by atoms with Crippen LogP contribution in [0.15, 0.2) is 45.4 Å². The lowest BCUT2D eigenvalue weighted by Gasteiger charge is -2.21. The highest BCUT2D eigenvalue weighted by Crippen LogP contribution is 2.34. The maximum atomic E-state index is 12.9. The Labute approximate surface area is 149 Å². The van der Waals surface area contributed by atoms with Gasteiger partial charge in [-0.2, -0.15) is 0 Å². The fraction of sp³-hybridized carbons (Fsp3) is 0.278. The molecule has 1 aromatic carbocycles. The molecule has 0 spiro atoms. The number of hydrogen-bond donors (Lipinski definition) is 0. The van der Waals surface area contributed by atoms with Crippen molar-refractivity contribution in [2.24, 2.45) is 0 Å². The van der Waals surface area contributed by atoms with Crippen molar-refractivity contribution in [1.29, 1.82) is 0 Å². The maximum Gasteiger partial charge on any atom is 0.276 e. The highest BCUT2D eigenvalue weighted by molar-refractivity contribution is 6.33. The molecule has 0 aliphatic carbocycles. The van der Waals surface area contributed by atoms with Gasteiger partial charge in [0.2, 0.25) is 0 Å². The maximum absolute atomic E-state index is 12.9. The normalized spacial score (nSPS) is 17.2. The Kier molecular flexibility index (Phi) is 4.05. The molecule has 128 valence electrons. The SMILES string of the molecule is Cc1cc(C2CCCN2C(=O)c2cc(-c3ccccc3Cl)on2)no1. The summed E-state index contributed by atoms with van der Waals surface area (Å²) in [5.41, 5.74) is 1.75. The molecule has 7 heteroatoms. The Morgan fingerprint density at radius 2 is 2.08 bits per heavy atom. The Balaban J connectivity index is 1.60. The summed E-state index contributed by atoms with van der Waals surface area (Å²) in [5, 5.41) is 8.55. The van der Waals surface area contributed by atoms with Crippen molar-refractivity contribution in [3.8, 4) is 11.3 Å². The van der Waals surface area contributed by atoms with Crippen LogP contribution < -0.4 is 0 Å². The number of aryl methyl sites for hydroxylation is 1. The van der Waals surface area contributed by atoms with Crippen LogP contribution in [0.4, 0.5) is 0 Å². The molecule has 1 fully saturated rings. The van der Waals surface area contributed by atoms with Crippen LogP contribution in [0.1, 0.15) is 40.8 Å². The third kappa shape index (κ3) is 2.93. The standard InChI is InChI=1S/C18H16ClN3O3/c1-11-9-14(20-24-11)16-7-4-8-22(16)18(23)15-10-17(25-21-15)12-5-2-3-6-13(12)19/h2-3,5-6,9-10,16H,4,7-8H2,1H3. The fourth-order valence-electron chi connectivity index (χ4n) is 3.17. The first-order valence-corrected chi connectivity index (χ1v) is 8.47. The zero-order valence-electron chi connectivity index (χ0n) is 13.6. The van der Waals surface area contributed by atoms with E-state index >= 15 is 0 Å². The van der Waals surface area contributed by atoms with Gasteiger partial charge in [0, 0.05) is 24.2 Å². The van der Waals surface area contributed by atoms with E-state index in [-0.39, 0.29) is 17.6 Å². The molecular weight excluding hydrogens is 342 g/mol. The minimum absolute atomic E-state index is 0.0922. The van der Waals surface area contributed by atoms with Gasteiger partial charge in [-0.1, -0.05) is 34.0 Å². The van der Waals surface area contributed by atoms with Gasteiger partial charge in [0.15, 0.2) is 11.5 Å². The van der Waals surface area contributed by atoms with E-state index in [9.17, 15) is 4.79 Å². The zero-order valence-corrected chi connectivity index (χ0v) is 14.4. The van der Waals surface area contributed by atoms with E-state index in [1.807, 2.05) is 31.2 Å². The number of carbonyl (C=O) groups is 1. The summed E-state index contributed by atoms with van der Waals surface area (Å²) >= 11 is 6.18. The molecule has 0 radical (unpaired) electrons. The number of rotatable bonds is 3. The third-order valence-electron chi connectivity index (χ3n) is 4.37. The first-order valence-electron chi connectivity index (χ1n) is 8.09. The van der Waals surface area contributed by atoms with E-state index in [1.165, 1.54) is 0 Å². The predicted molar refractivity (Wildman–Crippen MR) is 91.2 cm³/mol. The zero-order chi connectivity index (χ0) is 17.4. The lowest BCUT2D eigenvalue weighted by Crippen LogP contribution is -2.30. The van der Waals surface area contributed by atoms with E-state index in [1.54, 1.807) is 17.0 Å². The second kappa shape index (κ2) is 6.37. The number of halogens is 1. The van der Waals surface area contributed by atoms with Crippen molar-refractivity contribution in [2.75, 3.05) is 6.54 Å². The van der Waals surface area contributed by atoms with Crippen molar-refractivity contribution in [2.45, 2.75) is 25.8 Å². The van der Waals surface area contributed by atoms with Crippen molar-refractivity contribution < 1.29 is 13.8 Å². The summed E-state index contributed by atoms with van der Waals surface area (Å²) in [4.78, 5) is 14.6. The molecule has 25 heavy (non-hydrogen) atoms. The number of benzene rings is 1. The molecule has 6 nitrogen and oxygen atoms in total. The van der Waals surface area contributed by atoms with Crippen LogP contribution in [0.2, 0.25) is 5.02 Å². The van der Waals surface area contributed by atoms with Gasteiger partial charge < -0.3 is 13.9 Å². The minimum Gasteiger partial charge on any atom is -0.361 e. The van der Waals surface area contributed by atoms with Crippen molar-refractivity contribution in [1.82, 2.24) is 15.2 Å². The third-order valence-corrected chi connectivity index (χ3v) is 4.70. The Bertz CT molecular complexity index is 918. The predicted octanol–water partition coefficient (Wildman–Crippen LogP) is 4.27. The van der Waals surface area contributed by atoms with Gasteiger partial charge in [0.1, 0.15) is 11.5 Å². The van der Waals surface area contributed by atoms with E-state index in [0.29, 0.717) is 22.9 Å². The smallest absolute Gasteiger partial charge is 0.276 e. The van der Waals surface area contributed by atoms with Crippen molar-refractivity contribution in [3.05, 3.63) is 58.6 Å². The Morgan fingerprint density at radius 3 is 2.84 bits per heavy atom. The second-order valence-electron chi connectivity index (χ2n) is 6.08. The van der Waals surface area contributed by atoms with Gasteiger partial charge in [-0.15, -0.1) is 0 Å². The molecule has 0 N–H and O–H groups in total. The van der Waals surface area contributed by atoms with Crippen molar-refractivity contribution >= 4 is 17.5 Å². The molecule has 4 rings (SSSR count). The van der Waals surface area contributed by atoms with Gasteiger partial charge in [-0.05, 0) is 31.9 Å². The van der Waals surface area contributed by atoms with Crippen LogP contribution in [0, 0.1) is 6.92 Å². The summed E-state index contributed by atoms with van der Waals surface area (Å²) in [7, 11) is 0. The molecule has 1 saturated heterocycles. The summed E-state index contributed by atoms with van der Waals surface area (Å²) in [5.74, 6) is 1.03. The number of aromatic nitrogens is 2. The number of hydrogen-bond acceptors (Lipinski definition) is 5. The first-order chi connectivity index (χ1) is 12.1. The van der Waals surface area contributed by atoms with E-state index < -0.39 is 0 Å². The molecule has 1 aliphatic rings. The molecule has 3 aromatic rings. The molecular formula is C18H16ClN3O3. The highest BCUT2D eigenvalue weighted by atomic mass is 35.5. The van der Waals surface area contributed by atoms with Crippen LogP contribution in [0.3, 0.4) is 0 Å². The van der Waals surface area contributed by atoms with E-state index in [2.05, 4.69) is 10.3 Å². The monoisotopic (exact) mass is 357 g/mol. The van der Waals surface area contributed by atoms with Gasteiger partial charge in [0.25, 0.3) is 5.91 Å². The molecule has 1 atom stereocenters. The van der Waals surface area contributed by atoms with E-state index in [4.69, 9.17) is 20.6 Å². The number of nitrogens with zero attached hydrogens (tertiary/aromatic N) is 3. The van der Waals surface area contributed by atoms with Crippen LogP contribution in [0.5, 0.6) is 0 Å². The molecule has 0 saturated carbocycles. The quantitative estimate of drug-likeness (QED) is 0.700. The van der Waals surface area contributed by atoms with Gasteiger partial charge in [0.05, 0.1) is 11.1 Å². The average molecular weight is 358 g/mol. The van der Waals surface area contributed by atoms with Crippen LogP contribution in [-0.4, -0.2) is 27.7 Å². The molecule has 1 aliphatic heterocycles. The minimum atomic E-state index is -0.176. The van der Waals surface area contributed by atoms with Crippen molar-refractivity contribution in [3.63, 3.8) is 0 Å². The fourth-order valence-corrected chi connectivity index (χ4v) is 3.40. The lowest BCUT2D eigenvalue weighted by atomic mass is 10.1. The Hall–Kier alpha value is -2.60. The highest BCUT2D eigenvalue weighted by Gasteiger charge is 2.34. The van der Waals surface area contributed by atoms with Crippen LogP contribution >= 0.6 is 11.6 Å². The van der Waals surface area contributed by atoms with Gasteiger partial charge in [-0.3, -0.25) is 4.79 Å². The number of likely N-dealkylation sites (tertiary alicyclic amines) is 1. The van der Waals surface area contributed by atoms with E-state index in [0.717, 1.165) is 24.3 Å². The van der Waals surface area contributed by atoms with Crippen LogP contribution in [0.25, 0.3) is 11.3 Å². The largest absolute Gasteiger partial charge is 0.361 e. The number of carbonyl (C=O) groups excluding carboxylic acids is 1. The average Bonchev–Trinajstić information content (AvgIpc) is 3.34. The molecule has 0 bridgehead atoms. The summed E-state index contributed by atoms with van der Waals surface area (Å²) in [6.45, 7) is 2.49.